The lowest BCUT2D eigenvalue weighted by Gasteiger charge is -2.23. The van der Waals surface area contributed by atoms with E-state index in [1.54, 1.807) is 18.2 Å². The predicted octanol–water partition coefficient (Wildman–Crippen LogP) is 4.80. The van der Waals surface area contributed by atoms with Crippen LogP contribution in [0.5, 0.6) is 5.75 Å². The number of carbonyl (C=O) groups excluding carboxylic acids is 1. The van der Waals surface area contributed by atoms with E-state index in [0.717, 1.165) is 42.7 Å². The molecule has 0 bridgehead atoms. The van der Waals surface area contributed by atoms with Crippen molar-refractivity contribution >= 4 is 11.9 Å². The van der Waals surface area contributed by atoms with E-state index < -0.39 is 0 Å². The fourth-order valence-electron chi connectivity index (χ4n) is 2.69. The maximum atomic E-state index is 12.3. The Bertz CT molecular complexity index is 710. The van der Waals surface area contributed by atoms with Gasteiger partial charge in [-0.1, -0.05) is 30.3 Å². The molecule has 0 radical (unpaired) electrons. The number of hydrogen-bond acceptors (Lipinski definition) is 3. The maximum Gasteiger partial charge on any atom is 0.199 e. The number of ketones is 1. The maximum absolute atomic E-state index is 12.3. The molecular formula is C21H22O3. The average molecular weight is 322 g/mol. The van der Waals surface area contributed by atoms with Gasteiger partial charge in [0.25, 0.3) is 0 Å². The Morgan fingerprint density at radius 1 is 1.12 bits per heavy atom. The number of rotatable bonds is 5. The van der Waals surface area contributed by atoms with Gasteiger partial charge in [-0.15, -0.1) is 0 Å². The van der Waals surface area contributed by atoms with Crippen molar-refractivity contribution in [1.82, 2.24) is 0 Å². The zero-order valence-electron chi connectivity index (χ0n) is 13.9. The van der Waals surface area contributed by atoms with Crippen LogP contribution in [0.25, 0.3) is 6.08 Å². The number of aryl methyl sites for hydroxylation is 1. The summed E-state index contributed by atoms with van der Waals surface area (Å²) in [6.45, 7) is 2.79. The van der Waals surface area contributed by atoms with Crippen LogP contribution < -0.4 is 4.74 Å². The third kappa shape index (κ3) is 4.33. The van der Waals surface area contributed by atoms with Crippen LogP contribution in [-0.4, -0.2) is 18.7 Å². The molecule has 1 aliphatic rings. The van der Waals surface area contributed by atoms with Gasteiger partial charge < -0.3 is 9.47 Å². The standard InChI is InChI=1S/C21H22O3/c1-16-6-2-3-7-17(16)11-14-20(22)18-9-12-19(13-10-18)24-21-8-4-5-15-23-21/h2-3,6-7,9-14,21H,4-5,8,15H2,1H3/b14-11+. The predicted molar refractivity (Wildman–Crippen MR) is 95.2 cm³/mol. The number of hydrogen-bond donors (Lipinski definition) is 0. The van der Waals surface area contributed by atoms with Crippen LogP contribution in [0.3, 0.4) is 0 Å². The Morgan fingerprint density at radius 3 is 2.62 bits per heavy atom. The minimum Gasteiger partial charge on any atom is -0.465 e. The summed E-state index contributed by atoms with van der Waals surface area (Å²) in [6, 6.07) is 15.2. The van der Waals surface area contributed by atoms with E-state index in [1.165, 1.54) is 0 Å². The summed E-state index contributed by atoms with van der Waals surface area (Å²) < 4.78 is 11.3. The molecule has 0 aliphatic carbocycles. The molecule has 2 aromatic carbocycles. The van der Waals surface area contributed by atoms with Crippen molar-refractivity contribution in [2.45, 2.75) is 32.5 Å². The van der Waals surface area contributed by atoms with Gasteiger partial charge >= 0.3 is 0 Å². The van der Waals surface area contributed by atoms with Gasteiger partial charge in [-0.05, 0) is 61.2 Å². The van der Waals surface area contributed by atoms with Crippen molar-refractivity contribution in [3.05, 3.63) is 71.3 Å². The lowest BCUT2D eigenvalue weighted by molar-refractivity contribution is -0.105. The molecule has 1 heterocycles. The third-order valence-electron chi connectivity index (χ3n) is 4.15. The quantitative estimate of drug-likeness (QED) is 0.586. The molecule has 1 atom stereocenters. The van der Waals surface area contributed by atoms with E-state index in [1.807, 2.05) is 49.4 Å². The monoisotopic (exact) mass is 322 g/mol. The Morgan fingerprint density at radius 2 is 1.92 bits per heavy atom. The molecule has 3 rings (SSSR count). The van der Waals surface area contributed by atoms with Crippen molar-refractivity contribution in [2.75, 3.05) is 6.61 Å². The highest BCUT2D eigenvalue weighted by Crippen LogP contribution is 2.20. The second-order valence-electron chi connectivity index (χ2n) is 5.99. The second kappa shape index (κ2) is 7.93. The number of allylic oxidation sites excluding steroid dienone is 1. The zero-order valence-corrected chi connectivity index (χ0v) is 13.9. The highest BCUT2D eigenvalue weighted by atomic mass is 16.7. The third-order valence-corrected chi connectivity index (χ3v) is 4.15. The Kier molecular flexibility index (Phi) is 5.44. The highest BCUT2D eigenvalue weighted by molar-refractivity contribution is 6.06. The topological polar surface area (TPSA) is 35.5 Å². The molecule has 1 unspecified atom stereocenters. The summed E-state index contributed by atoms with van der Waals surface area (Å²) in [4.78, 5) is 12.3. The fraction of sp³-hybridized carbons (Fsp3) is 0.286. The zero-order chi connectivity index (χ0) is 16.8. The fourth-order valence-corrected chi connectivity index (χ4v) is 2.69. The molecule has 1 fully saturated rings. The minimum absolute atomic E-state index is 0.0151. The van der Waals surface area contributed by atoms with E-state index >= 15 is 0 Å². The summed E-state index contributed by atoms with van der Waals surface area (Å²) in [7, 11) is 0. The lowest BCUT2D eigenvalue weighted by atomic mass is 10.1. The van der Waals surface area contributed by atoms with E-state index in [9.17, 15) is 4.79 Å². The molecule has 2 aromatic rings. The van der Waals surface area contributed by atoms with Crippen LogP contribution >= 0.6 is 0 Å². The molecule has 0 spiro atoms. The first-order chi connectivity index (χ1) is 11.7. The summed E-state index contributed by atoms with van der Waals surface area (Å²) in [6.07, 6.45) is 6.45. The van der Waals surface area contributed by atoms with E-state index in [2.05, 4.69) is 0 Å². The molecule has 0 amide bonds. The van der Waals surface area contributed by atoms with Gasteiger partial charge in [0.15, 0.2) is 12.1 Å². The molecule has 0 aromatic heterocycles. The van der Waals surface area contributed by atoms with Crippen LogP contribution in [0.1, 0.15) is 40.7 Å². The van der Waals surface area contributed by atoms with Gasteiger partial charge in [0, 0.05) is 12.0 Å². The smallest absolute Gasteiger partial charge is 0.199 e. The largest absolute Gasteiger partial charge is 0.465 e. The van der Waals surface area contributed by atoms with E-state index in [-0.39, 0.29) is 12.1 Å². The van der Waals surface area contributed by atoms with E-state index in [0.29, 0.717) is 5.56 Å². The first-order valence-electron chi connectivity index (χ1n) is 8.39. The molecule has 1 saturated heterocycles. The summed E-state index contributed by atoms with van der Waals surface area (Å²) in [5.74, 6) is 0.722. The SMILES string of the molecule is Cc1ccccc1/C=C/C(=O)c1ccc(OC2CCCCO2)cc1. The minimum atomic E-state index is -0.166. The molecule has 0 N–H and O–H groups in total. The van der Waals surface area contributed by atoms with Crippen molar-refractivity contribution < 1.29 is 14.3 Å². The van der Waals surface area contributed by atoms with Crippen molar-refractivity contribution in [2.24, 2.45) is 0 Å². The molecule has 124 valence electrons. The van der Waals surface area contributed by atoms with Gasteiger partial charge in [-0.3, -0.25) is 4.79 Å². The number of ether oxygens (including phenoxy) is 2. The van der Waals surface area contributed by atoms with Gasteiger partial charge in [-0.25, -0.2) is 0 Å². The molecule has 3 heteroatoms. The molecular weight excluding hydrogens is 300 g/mol. The normalized spacial score (nSPS) is 17.8. The van der Waals surface area contributed by atoms with Crippen LogP contribution in [0.4, 0.5) is 0 Å². The van der Waals surface area contributed by atoms with Gasteiger partial charge in [-0.2, -0.15) is 0 Å². The Hall–Kier alpha value is -2.39. The van der Waals surface area contributed by atoms with Gasteiger partial charge in [0.05, 0.1) is 6.61 Å². The number of benzene rings is 2. The Balaban J connectivity index is 1.62. The molecule has 24 heavy (non-hydrogen) atoms. The van der Waals surface area contributed by atoms with Gasteiger partial charge in [0.2, 0.25) is 0 Å². The van der Waals surface area contributed by atoms with Crippen LogP contribution in [0, 0.1) is 6.92 Å². The lowest BCUT2D eigenvalue weighted by Crippen LogP contribution is -2.24. The molecule has 0 saturated carbocycles. The molecule has 1 aliphatic heterocycles. The van der Waals surface area contributed by atoms with Crippen molar-refractivity contribution in [3.8, 4) is 5.75 Å². The summed E-state index contributed by atoms with van der Waals surface area (Å²) in [5, 5.41) is 0. The van der Waals surface area contributed by atoms with Crippen molar-refractivity contribution in [1.29, 1.82) is 0 Å². The average Bonchev–Trinajstić information content (AvgIpc) is 2.62. The van der Waals surface area contributed by atoms with E-state index in [4.69, 9.17) is 9.47 Å². The Labute approximate surface area is 142 Å². The first-order valence-corrected chi connectivity index (χ1v) is 8.39. The first kappa shape index (κ1) is 16.5. The highest BCUT2D eigenvalue weighted by Gasteiger charge is 2.15. The summed E-state index contributed by atoms with van der Waals surface area (Å²) in [5.41, 5.74) is 2.86. The van der Waals surface area contributed by atoms with Crippen molar-refractivity contribution in [3.63, 3.8) is 0 Å². The van der Waals surface area contributed by atoms with Crippen LogP contribution in [0.2, 0.25) is 0 Å². The second-order valence-corrected chi connectivity index (χ2v) is 5.99. The summed E-state index contributed by atoms with van der Waals surface area (Å²) >= 11 is 0. The molecule has 3 nitrogen and oxygen atoms in total. The van der Waals surface area contributed by atoms with Gasteiger partial charge in [0.1, 0.15) is 5.75 Å². The van der Waals surface area contributed by atoms with Crippen LogP contribution in [-0.2, 0) is 4.74 Å². The van der Waals surface area contributed by atoms with Crippen LogP contribution in [0.15, 0.2) is 54.6 Å². The number of carbonyl (C=O) groups is 1.